The molecule has 0 bridgehead atoms. The zero-order valence-corrected chi connectivity index (χ0v) is 25.8. The molecule has 0 amide bonds. The third-order valence-corrected chi connectivity index (χ3v) is 9.36. The van der Waals surface area contributed by atoms with Crippen LogP contribution in [0.25, 0.3) is 77.2 Å². The molecule has 0 unspecified atom stereocenters. The van der Waals surface area contributed by atoms with Gasteiger partial charge in [-0.25, -0.2) is 0 Å². The fraction of sp³-hybridized carbons (Fsp3) is 0. The van der Waals surface area contributed by atoms with Gasteiger partial charge in [0.15, 0.2) is 0 Å². The molecule has 0 fully saturated rings. The van der Waals surface area contributed by atoms with Gasteiger partial charge in [-0.05, 0) is 71.3 Å². The van der Waals surface area contributed by atoms with Crippen molar-refractivity contribution < 1.29 is 0 Å². The van der Waals surface area contributed by atoms with Crippen molar-refractivity contribution in [2.45, 2.75) is 0 Å². The fourth-order valence-electron chi connectivity index (χ4n) is 7.32. The lowest BCUT2D eigenvalue weighted by Crippen LogP contribution is -2.01. The zero-order valence-electron chi connectivity index (χ0n) is 25.8. The second kappa shape index (κ2) is 10.9. The Bertz CT molecular complexity index is 2710. The van der Waals surface area contributed by atoms with Crippen LogP contribution in [0.1, 0.15) is 11.1 Å². The summed E-state index contributed by atoms with van der Waals surface area (Å²) in [5.74, 6) is 0. The van der Waals surface area contributed by atoms with Gasteiger partial charge in [-0.2, -0.15) is 10.5 Å². The van der Waals surface area contributed by atoms with Crippen LogP contribution >= 0.6 is 0 Å². The summed E-state index contributed by atoms with van der Waals surface area (Å²) in [6, 6.07) is 59.0. The molecule has 0 saturated heterocycles. The van der Waals surface area contributed by atoms with Crippen molar-refractivity contribution in [1.82, 2.24) is 9.13 Å². The monoisotopic (exact) mass is 610 g/mol. The van der Waals surface area contributed by atoms with Crippen LogP contribution in [-0.2, 0) is 0 Å². The van der Waals surface area contributed by atoms with E-state index in [0.717, 1.165) is 66.5 Å². The van der Waals surface area contributed by atoms with Crippen molar-refractivity contribution in [1.29, 1.82) is 10.5 Å². The number of hydrogen-bond acceptors (Lipinski definition) is 2. The summed E-state index contributed by atoms with van der Waals surface area (Å²) in [6.45, 7) is 0. The molecule has 0 N–H and O–H groups in total. The van der Waals surface area contributed by atoms with E-state index < -0.39 is 0 Å². The van der Waals surface area contributed by atoms with E-state index in [1.165, 1.54) is 10.8 Å². The summed E-state index contributed by atoms with van der Waals surface area (Å²) < 4.78 is 4.52. The van der Waals surface area contributed by atoms with Gasteiger partial charge >= 0.3 is 0 Å². The molecule has 2 aromatic heterocycles. The number of benzene rings is 7. The highest BCUT2D eigenvalue weighted by Gasteiger charge is 2.20. The van der Waals surface area contributed by atoms with E-state index in [1.54, 1.807) is 6.07 Å². The minimum absolute atomic E-state index is 0.446. The Hall–Kier alpha value is -6.88. The van der Waals surface area contributed by atoms with Gasteiger partial charge in [-0.3, -0.25) is 0 Å². The van der Waals surface area contributed by atoms with Gasteiger partial charge in [-0.15, -0.1) is 0 Å². The Morgan fingerprint density at radius 2 is 0.875 bits per heavy atom. The van der Waals surface area contributed by atoms with Gasteiger partial charge in [0.2, 0.25) is 0 Å². The van der Waals surface area contributed by atoms with E-state index in [-0.39, 0.29) is 0 Å². The molecule has 222 valence electrons. The van der Waals surface area contributed by atoms with E-state index >= 15 is 0 Å². The van der Waals surface area contributed by atoms with Crippen LogP contribution in [0.15, 0.2) is 158 Å². The van der Waals surface area contributed by atoms with Crippen molar-refractivity contribution in [3.05, 3.63) is 169 Å². The first kappa shape index (κ1) is 27.4. The third-order valence-electron chi connectivity index (χ3n) is 9.36. The molecule has 9 rings (SSSR count). The number of para-hydroxylation sites is 4. The van der Waals surface area contributed by atoms with E-state index in [4.69, 9.17) is 0 Å². The molecular weight excluding hydrogens is 585 g/mol. The Morgan fingerprint density at radius 1 is 0.396 bits per heavy atom. The summed E-state index contributed by atoms with van der Waals surface area (Å²) in [6.07, 6.45) is 0. The van der Waals surface area contributed by atoms with Crippen LogP contribution in [-0.4, -0.2) is 9.13 Å². The maximum Gasteiger partial charge on any atom is 0.0999 e. The Morgan fingerprint density at radius 3 is 1.42 bits per heavy atom. The van der Waals surface area contributed by atoms with Gasteiger partial charge in [0.05, 0.1) is 51.0 Å². The average molecular weight is 611 g/mol. The number of hydrogen-bond donors (Lipinski definition) is 0. The van der Waals surface area contributed by atoms with Crippen molar-refractivity contribution in [2.24, 2.45) is 0 Å². The summed E-state index contributed by atoms with van der Waals surface area (Å²) in [7, 11) is 0. The predicted molar refractivity (Wildman–Crippen MR) is 195 cm³/mol. The van der Waals surface area contributed by atoms with E-state index in [0.29, 0.717) is 11.1 Å². The van der Waals surface area contributed by atoms with Gasteiger partial charge < -0.3 is 9.13 Å². The highest BCUT2D eigenvalue weighted by Crippen LogP contribution is 2.40. The lowest BCUT2D eigenvalue weighted by atomic mass is 9.93. The molecule has 9 aromatic rings. The normalized spacial score (nSPS) is 11.3. The molecule has 0 spiro atoms. The van der Waals surface area contributed by atoms with Crippen molar-refractivity contribution in [3.63, 3.8) is 0 Å². The maximum atomic E-state index is 10.5. The van der Waals surface area contributed by atoms with E-state index in [2.05, 4.69) is 137 Å². The minimum Gasteiger partial charge on any atom is -0.309 e. The van der Waals surface area contributed by atoms with Crippen LogP contribution in [0.4, 0.5) is 0 Å². The summed E-state index contributed by atoms with van der Waals surface area (Å²) >= 11 is 0. The van der Waals surface area contributed by atoms with Crippen LogP contribution in [0.3, 0.4) is 0 Å². The first-order valence-electron chi connectivity index (χ1n) is 15.9. The number of rotatable bonds is 4. The molecule has 4 nitrogen and oxygen atoms in total. The Labute approximate surface area is 277 Å². The lowest BCUT2D eigenvalue weighted by molar-refractivity contribution is 1.17. The van der Waals surface area contributed by atoms with Crippen molar-refractivity contribution in [2.75, 3.05) is 0 Å². The quantitative estimate of drug-likeness (QED) is 0.199. The van der Waals surface area contributed by atoms with Gasteiger partial charge in [0.1, 0.15) is 0 Å². The first-order valence-corrected chi connectivity index (χ1v) is 15.9. The molecule has 7 aromatic carbocycles. The standard InChI is InChI=1S/C44H26N4/c45-27-29-23-33(28-46)44(43(24-29)48-41-21-7-3-17-37(41)38-18-4-8-22-42(38)48)32-13-9-11-30(25-32)31-12-10-14-34(26-31)47-39-19-5-1-15-35(39)36-16-2-6-20-40(36)47/h1-26H. The van der Waals surface area contributed by atoms with Crippen LogP contribution < -0.4 is 0 Å². The number of fused-ring (bicyclic) bond motifs is 6. The van der Waals surface area contributed by atoms with Crippen LogP contribution in [0.5, 0.6) is 0 Å². The van der Waals surface area contributed by atoms with Crippen LogP contribution in [0, 0.1) is 22.7 Å². The average Bonchev–Trinajstić information content (AvgIpc) is 3.67. The highest BCUT2D eigenvalue weighted by atomic mass is 15.0. The largest absolute Gasteiger partial charge is 0.309 e. The molecular formula is C44H26N4. The number of nitrogens with zero attached hydrogens (tertiary/aromatic N) is 4. The van der Waals surface area contributed by atoms with Crippen molar-refractivity contribution >= 4 is 43.6 Å². The molecule has 0 aliphatic rings. The molecule has 2 heterocycles. The first-order chi connectivity index (χ1) is 23.7. The third kappa shape index (κ3) is 4.14. The predicted octanol–water partition coefficient (Wildman–Crippen LogP) is 11.0. The smallest absolute Gasteiger partial charge is 0.0999 e. The van der Waals surface area contributed by atoms with Gasteiger partial charge in [-0.1, -0.05) is 103 Å². The summed E-state index contributed by atoms with van der Waals surface area (Å²) in [5.41, 5.74) is 11.0. The van der Waals surface area contributed by atoms with Gasteiger partial charge in [0.25, 0.3) is 0 Å². The van der Waals surface area contributed by atoms with Crippen LogP contribution in [0.2, 0.25) is 0 Å². The molecule has 4 heteroatoms. The van der Waals surface area contributed by atoms with E-state index in [1.807, 2.05) is 36.4 Å². The Kier molecular flexibility index (Phi) is 6.22. The molecule has 0 aliphatic heterocycles. The van der Waals surface area contributed by atoms with Crippen molar-refractivity contribution in [3.8, 4) is 45.8 Å². The second-order valence-corrected chi connectivity index (χ2v) is 12.0. The topological polar surface area (TPSA) is 57.4 Å². The molecule has 48 heavy (non-hydrogen) atoms. The minimum atomic E-state index is 0.446. The molecule has 0 aliphatic carbocycles. The molecule has 0 atom stereocenters. The molecule has 0 radical (unpaired) electrons. The summed E-state index contributed by atoms with van der Waals surface area (Å²) in [5, 5.41) is 25.2. The SMILES string of the molecule is N#Cc1cc(C#N)c(-c2cccc(-c3cccc(-n4c5ccccc5c5ccccc54)c3)c2)c(-n2c3ccccc3c3ccccc32)c1. The Balaban J connectivity index is 1.26. The summed E-state index contributed by atoms with van der Waals surface area (Å²) in [4.78, 5) is 0. The zero-order chi connectivity index (χ0) is 32.2. The number of nitriles is 2. The molecule has 0 saturated carbocycles. The number of aromatic nitrogens is 2. The highest BCUT2D eigenvalue weighted by molar-refractivity contribution is 6.10. The maximum absolute atomic E-state index is 10.5. The second-order valence-electron chi connectivity index (χ2n) is 12.0. The fourth-order valence-corrected chi connectivity index (χ4v) is 7.32. The van der Waals surface area contributed by atoms with E-state index in [9.17, 15) is 10.5 Å². The lowest BCUT2D eigenvalue weighted by Gasteiger charge is -2.17. The van der Waals surface area contributed by atoms with Gasteiger partial charge in [0, 0.05) is 32.8 Å².